The van der Waals surface area contributed by atoms with Gasteiger partial charge >= 0.3 is 5.97 Å². The Kier molecular flexibility index (Phi) is 5.90. The maximum absolute atomic E-state index is 11.1. The molecule has 0 aliphatic carbocycles. The number of nitrogens with zero attached hydrogens (tertiary/aromatic N) is 3. The summed E-state index contributed by atoms with van der Waals surface area (Å²) < 4.78 is 8.92. The zero-order valence-electron chi connectivity index (χ0n) is 10.6. The van der Waals surface area contributed by atoms with Crippen molar-refractivity contribution in [3.8, 4) is 0 Å². The largest absolute Gasteiger partial charge is 0.469 e. The van der Waals surface area contributed by atoms with Gasteiger partial charge in [0, 0.05) is 31.0 Å². The van der Waals surface area contributed by atoms with Gasteiger partial charge in [-0.1, -0.05) is 6.92 Å². The van der Waals surface area contributed by atoms with Gasteiger partial charge < -0.3 is 9.64 Å². The lowest BCUT2D eigenvalue weighted by Crippen LogP contribution is -2.26. The number of ether oxygens (including phenoxy) is 1. The number of aryl methyl sites for hydroxylation is 1. The van der Waals surface area contributed by atoms with Crippen LogP contribution in [0.1, 0.15) is 32.5 Å². The minimum absolute atomic E-state index is 0.193. The van der Waals surface area contributed by atoms with E-state index in [0.717, 1.165) is 30.3 Å². The zero-order chi connectivity index (χ0) is 12.7. The zero-order valence-corrected chi connectivity index (χ0v) is 11.4. The summed E-state index contributed by atoms with van der Waals surface area (Å²) in [4.78, 5) is 17.6. The van der Waals surface area contributed by atoms with Gasteiger partial charge in [-0.15, -0.1) is 0 Å². The molecule has 0 aliphatic rings. The summed E-state index contributed by atoms with van der Waals surface area (Å²) in [6, 6.07) is 0. The topological polar surface area (TPSA) is 55.3 Å². The molecule has 0 amide bonds. The molecule has 0 aliphatic heterocycles. The Morgan fingerprint density at radius 3 is 2.82 bits per heavy atom. The molecule has 0 saturated carbocycles. The van der Waals surface area contributed by atoms with Crippen LogP contribution in [0.2, 0.25) is 0 Å². The van der Waals surface area contributed by atoms with Crippen LogP contribution in [0.3, 0.4) is 0 Å². The first-order valence-corrected chi connectivity index (χ1v) is 6.62. The van der Waals surface area contributed by atoms with Crippen LogP contribution in [0.4, 0.5) is 5.13 Å². The lowest BCUT2D eigenvalue weighted by molar-refractivity contribution is -0.140. The molecule has 0 saturated heterocycles. The van der Waals surface area contributed by atoms with Crippen LogP contribution in [0.25, 0.3) is 0 Å². The highest BCUT2D eigenvalue weighted by Gasteiger charge is 2.12. The third-order valence-electron chi connectivity index (χ3n) is 2.40. The minimum atomic E-state index is -0.193. The fraction of sp³-hybridized carbons (Fsp3) is 0.727. The van der Waals surface area contributed by atoms with E-state index in [1.165, 1.54) is 18.6 Å². The highest BCUT2D eigenvalue weighted by molar-refractivity contribution is 7.09. The molecule has 5 nitrogen and oxygen atoms in total. The molecule has 0 fully saturated rings. The molecule has 0 atom stereocenters. The van der Waals surface area contributed by atoms with Gasteiger partial charge in [0.1, 0.15) is 5.82 Å². The molecule has 0 unspecified atom stereocenters. The molecule has 17 heavy (non-hydrogen) atoms. The lowest BCUT2D eigenvalue weighted by Gasteiger charge is -2.18. The first-order valence-electron chi connectivity index (χ1n) is 5.85. The second-order valence-corrected chi connectivity index (χ2v) is 4.38. The van der Waals surface area contributed by atoms with Crippen molar-refractivity contribution in [1.29, 1.82) is 0 Å². The summed E-state index contributed by atoms with van der Waals surface area (Å²) >= 11 is 1.39. The van der Waals surface area contributed by atoms with Crippen LogP contribution in [0.15, 0.2) is 0 Å². The Morgan fingerprint density at radius 2 is 2.24 bits per heavy atom. The van der Waals surface area contributed by atoms with E-state index in [1.54, 1.807) is 0 Å². The van der Waals surface area contributed by atoms with Crippen molar-refractivity contribution in [1.82, 2.24) is 9.36 Å². The van der Waals surface area contributed by atoms with Crippen LogP contribution in [-0.4, -0.2) is 35.5 Å². The van der Waals surface area contributed by atoms with E-state index in [9.17, 15) is 4.79 Å². The normalized spacial score (nSPS) is 10.3. The third-order valence-corrected chi connectivity index (χ3v) is 3.21. The number of esters is 1. The van der Waals surface area contributed by atoms with E-state index in [2.05, 4.69) is 21.0 Å². The van der Waals surface area contributed by atoms with E-state index < -0.39 is 0 Å². The van der Waals surface area contributed by atoms with Gasteiger partial charge in [0.25, 0.3) is 0 Å². The van der Waals surface area contributed by atoms with Crippen LogP contribution in [-0.2, 0) is 16.0 Å². The molecule has 0 N–H and O–H groups in total. The molecule has 1 rings (SSSR count). The van der Waals surface area contributed by atoms with Crippen molar-refractivity contribution < 1.29 is 9.53 Å². The first-order chi connectivity index (χ1) is 8.21. The van der Waals surface area contributed by atoms with Crippen molar-refractivity contribution in [2.45, 2.75) is 33.1 Å². The molecule has 0 aromatic carbocycles. The fourth-order valence-electron chi connectivity index (χ4n) is 1.42. The molecule has 1 aromatic rings. The number of aromatic nitrogens is 2. The molecule has 0 bridgehead atoms. The van der Waals surface area contributed by atoms with E-state index in [1.807, 2.05) is 11.8 Å². The molecule has 1 aromatic heterocycles. The van der Waals surface area contributed by atoms with Gasteiger partial charge in [0.05, 0.1) is 13.5 Å². The predicted molar refractivity (Wildman–Crippen MR) is 68.4 cm³/mol. The SMILES string of the molecule is CCCc1nsc(N(CC)CCC(=O)OC)n1. The second kappa shape index (κ2) is 7.21. The smallest absolute Gasteiger partial charge is 0.307 e. The molecule has 0 radical (unpaired) electrons. The Bertz CT molecular complexity index is 354. The standard InChI is InChI=1S/C11H19N3O2S/c1-4-6-9-12-11(17-13-9)14(5-2)8-7-10(15)16-3/h4-8H2,1-3H3. The molecule has 96 valence electrons. The maximum atomic E-state index is 11.1. The molecular weight excluding hydrogens is 238 g/mol. The Labute approximate surface area is 106 Å². The average Bonchev–Trinajstić information content (AvgIpc) is 2.78. The summed E-state index contributed by atoms with van der Waals surface area (Å²) in [5, 5.41) is 0.889. The van der Waals surface area contributed by atoms with E-state index in [-0.39, 0.29) is 5.97 Å². The number of methoxy groups -OCH3 is 1. The Balaban J connectivity index is 2.56. The third kappa shape index (κ3) is 4.30. The Morgan fingerprint density at radius 1 is 1.47 bits per heavy atom. The highest BCUT2D eigenvalue weighted by Crippen LogP contribution is 2.18. The van der Waals surface area contributed by atoms with E-state index in [0.29, 0.717) is 13.0 Å². The van der Waals surface area contributed by atoms with Gasteiger partial charge in [-0.3, -0.25) is 4.79 Å². The summed E-state index contributed by atoms with van der Waals surface area (Å²) in [6.45, 7) is 5.59. The van der Waals surface area contributed by atoms with Gasteiger partial charge in [-0.2, -0.15) is 4.37 Å². The summed E-state index contributed by atoms with van der Waals surface area (Å²) in [5.74, 6) is 0.700. The lowest BCUT2D eigenvalue weighted by atomic mass is 10.3. The fourth-order valence-corrected chi connectivity index (χ4v) is 2.22. The maximum Gasteiger partial charge on any atom is 0.307 e. The number of carbonyl (C=O) groups is 1. The van der Waals surface area contributed by atoms with Gasteiger partial charge in [0.2, 0.25) is 5.13 Å². The number of anilines is 1. The number of carbonyl (C=O) groups excluding carboxylic acids is 1. The van der Waals surface area contributed by atoms with Crippen molar-refractivity contribution in [3.63, 3.8) is 0 Å². The number of hydrogen-bond donors (Lipinski definition) is 0. The van der Waals surface area contributed by atoms with Crippen LogP contribution in [0, 0.1) is 0 Å². The van der Waals surface area contributed by atoms with Crippen LogP contribution < -0.4 is 4.90 Å². The van der Waals surface area contributed by atoms with Gasteiger partial charge in [0.15, 0.2) is 0 Å². The molecular formula is C11H19N3O2S. The van der Waals surface area contributed by atoms with Gasteiger partial charge in [-0.05, 0) is 13.3 Å². The summed E-state index contributed by atoms with van der Waals surface area (Å²) in [6.07, 6.45) is 2.34. The Hall–Kier alpha value is -1.17. The van der Waals surface area contributed by atoms with E-state index >= 15 is 0 Å². The quantitative estimate of drug-likeness (QED) is 0.698. The number of rotatable bonds is 7. The summed E-state index contributed by atoms with van der Waals surface area (Å²) in [5.41, 5.74) is 0. The minimum Gasteiger partial charge on any atom is -0.469 e. The summed E-state index contributed by atoms with van der Waals surface area (Å²) in [7, 11) is 1.41. The highest BCUT2D eigenvalue weighted by atomic mass is 32.1. The first kappa shape index (κ1) is 13.9. The molecule has 0 spiro atoms. The van der Waals surface area contributed by atoms with Crippen molar-refractivity contribution in [2.75, 3.05) is 25.1 Å². The van der Waals surface area contributed by atoms with Crippen molar-refractivity contribution >= 4 is 22.6 Å². The van der Waals surface area contributed by atoms with Crippen molar-refractivity contribution in [3.05, 3.63) is 5.82 Å². The van der Waals surface area contributed by atoms with Crippen LogP contribution in [0.5, 0.6) is 0 Å². The van der Waals surface area contributed by atoms with Crippen LogP contribution >= 0.6 is 11.5 Å². The van der Waals surface area contributed by atoms with Crippen molar-refractivity contribution in [2.24, 2.45) is 0 Å². The van der Waals surface area contributed by atoms with Gasteiger partial charge in [-0.25, -0.2) is 4.98 Å². The van der Waals surface area contributed by atoms with E-state index in [4.69, 9.17) is 0 Å². The molecule has 1 heterocycles. The average molecular weight is 257 g/mol. The number of hydrogen-bond acceptors (Lipinski definition) is 6. The predicted octanol–water partition coefficient (Wildman–Crippen LogP) is 1.88. The second-order valence-electron chi connectivity index (χ2n) is 3.65. The molecule has 6 heteroatoms. The monoisotopic (exact) mass is 257 g/mol.